The topological polar surface area (TPSA) is 68.0 Å². The van der Waals surface area contributed by atoms with Gasteiger partial charge < -0.3 is 11.1 Å². The molecule has 1 saturated carbocycles. The molecular formula is C15H19N3OS. The number of anilines is 1. The zero-order chi connectivity index (χ0) is 14.2. The van der Waals surface area contributed by atoms with Crippen LogP contribution in [0.5, 0.6) is 0 Å². The van der Waals surface area contributed by atoms with Crippen molar-refractivity contribution >= 4 is 33.1 Å². The number of nitrogen functional groups attached to an aromatic ring is 1. The van der Waals surface area contributed by atoms with Gasteiger partial charge in [-0.05, 0) is 36.8 Å². The third-order valence-electron chi connectivity index (χ3n) is 4.48. The number of carbonyl (C=O) groups is 1. The number of fused-ring (bicyclic) bond motifs is 1. The van der Waals surface area contributed by atoms with Gasteiger partial charge in [-0.15, -0.1) is 11.3 Å². The zero-order valence-corrected chi connectivity index (χ0v) is 12.4. The van der Waals surface area contributed by atoms with E-state index >= 15 is 0 Å². The number of nitrogens with zero attached hydrogens (tertiary/aromatic N) is 1. The summed E-state index contributed by atoms with van der Waals surface area (Å²) in [6.07, 6.45) is 6.53. The van der Waals surface area contributed by atoms with E-state index in [4.69, 9.17) is 5.73 Å². The maximum atomic E-state index is 12.3. The molecule has 0 radical (unpaired) electrons. The number of thiophene rings is 1. The van der Waals surface area contributed by atoms with Crippen LogP contribution in [0.25, 0.3) is 10.2 Å². The summed E-state index contributed by atoms with van der Waals surface area (Å²) < 4.78 is 0.962. The van der Waals surface area contributed by atoms with E-state index in [0.717, 1.165) is 23.2 Å². The first-order chi connectivity index (χ1) is 9.65. The Hall–Kier alpha value is -1.62. The Morgan fingerprint density at radius 3 is 2.95 bits per heavy atom. The normalized spacial score (nSPS) is 16.9. The molecule has 0 saturated heterocycles. The number of rotatable bonds is 4. The maximum Gasteiger partial charge on any atom is 0.263 e. The smallest absolute Gasteiger partial charge is 0.263 e. The van der Waals surface area contributed by atoms with E-state index in [1.165, 1.54) is 30.6 Å². The molecule has 0 aliphatic heterocycles. The van der Waals surface area contributed by atoms with Crippen LogP contribution >= 0.6 is 11.3 Å². The molecule has 106 valence electrons. The van der Waals surface area contributed by atoms with Crippen molar-refractivity contribution in [2.45, 2.75) is 32.6 Å². The molecule has 0 bridgehead atoms. The summed E-state index contributed by atoms with van der Waals surface area (Å²) in [6.45, 7) is 2.95. The van der Waals surface area contributed by atoms with Gasteiger partial charge >= 0.3 is 0 Å². The molecular weight excluding hydrogens is 270 g/mol. The highest BCUT2D eigenvalue weighted by Crippen LogP contribution is 2.43. The number of pyridine rings is 1. The molecule has 1 amide bonds. The number of aromatic nitrogens is 1. The molecule has 0 spiro atoms. The molecule has 20 heavy (non-hydrogen) atoms. The number of carbonyl (C=O) groups excluding carboxylic acids is 1. The van der Waals surface area contributed by atoms with Gasteiger partial charge in [-0.3, -0.25) is 9.78 Å². The van der Waals surface area contributed by atoms with Gasteiger partial charge in [-0.25, -0.2) is 0 Å². The van der Waals surface area contributed by atoms with E-state index in [1.54, 1.807) is 6.20 Å². The fourth-order valence-electron chi connectivity index (χ4n) is 2.80. The van der Waals surface area contributed by atoms with Crippen molar-refractivity contribution in [3.8, 4) is 0 Å². The minimum Gasteiger partial charge on any atom is -0.396 e. The average molecular weight is 289 g/mol. The number of nitrogens with two attached hydrogens (primary N) is 1. The molecule has 1 aliphatic rings. The lowest BCUT2D eigenvalue weighted by atomic mass is 9.67. The molecule has 4 nitrogen and oxygen atoms in total. The summed E-state index contributed by atoms with van der Waals surface area (Å²) in [5.41, 5.74) is 7.60. The second-order valence-electron chi connectivity index (χ2n) is 5.58. The SMILES string of the molecule is CCC1(CNC(=O)c2sc3cccnc3c2N)CCC1. The van der Waals surface area contributed by atoms with Gasteiger partial charge in [0, 0.05) is 12.7 Å². The van der Waals surface area contributed by atoms with E-state index in [1.807, 2.05) is 12.1 Å². The molecule has 2 heterocycles. The van der Waals surface area contributed by atoms with Crippen molar-refractivity contribution in [1.82, 2.24) is 10.3 Å². The van der Waals surface area contributed by atoms with Gasteiger partial charge in [0.25, 0.3) is 5.91 Å². The summed E-state index contributed by atoms with van der Waals surface area (Å²) >= 11 is 1.42. The Labute approximate surface area is 122 Å². The summed E-state index contributed by atoms with van der Waals surface area (Å²) in [5, 5.41) is 3.06. The Balaban J connectivity index is 1.77. The highest BCUT2D eigenvalue weighted by atomic mass is 32.1. The van der Waals surface area contributed by atoms with Gasteiger partial charge in [0.1, 0.15) is 10.4 Å². The second-order valence-corrected chi connectivity index (χ2v) is 6.64. The first kappa shape index (κ1) is 13.4. The van der Waals surface area contributed by atoms with Crippen LogP contribution in [0.2, 0.25) is 0 Å². The first-order valence-corrected chi connectivity index (χ1v) is 7.88. The molecule has 1 aliphatic carbocycles. The van der Waals surface area contributed by atoms with Crippen molar-refractivity contribution < 1.29 is 4.79 Å². The van der Waals surface area contributed by atoms with Crippen LogP contribution in [0.3, 0.4) is 0 Å². The van der Waals surface area contributed by atoms with Crippen LogP contribution in [0.1, 0.15) is 42.3 Å². The summed E-state index contributed by atoms with van der Waals surface area (Å²) in [4.78, 5) is 17.2. The highest BCUT2D eigenvalue weighted by molar-refractivity contribution is 7.21. The first-order valence-electron chi connectivity index (χ1n) is 7.06. The molecule has 5 heteroatoms. The number of nitrogens with one attached hydrogen (secondary N) is 1. The van der Waals surface area contributed by atoms with Crippen LogP contribution in [0.4, 0.5) is 5.69 Å². The highest BCUT2D eigenvalue weighted by Gasteiger charge is 2.35. The van der Waals surface area contributed by atoms with Crippen LogP contribution in [-0.2, 0) is 0 Å². The Bertz CT molecular complexity index is 640. The lowest BCUT2D eigenvalue weighted by molar-refractivity contribution is 0.0854. The number of amides is 1. The van der Waals surface area contributed by atoms with Crippen LogP contribution in [0.15, 0.2) is 18.3 Å². The lowest BCUT2D eigenvalue weighted by Crippen LogP contribution is -2.41. The van der Waals surface area contributed by atoms with Crippen LogP contribution in [-0.4, -0.2) is 17.4 Å². The van der Waals surface area contributed by atoms with Gasteiger partial charge in [-0.1, -0.05) is 13.3 Å². The fraction of sp³-hybridized carbons (Fsp3) is 0.467. The van der Waals surface area contributed by atoms with E-state index in [2.05, 4.69) is 17.2 Å². The third kappa shape index (κ3) is 2.16. The Kier molecular flexibility index (Phi) is 3.38. The van der Waals surface area contributed by atoms with Crippen molar-refractivity contribution in [2.24, 2.45) is 5.41 Å². The van der Waals surface area contributed by atoms with Gasteiger partial charge in [0.15, 0.2) is 0 Å². The lowest BCUT2D eigenvalue weighted by Gasteiger charge is -2.41. The summed E-state index contributed by atoms with van der Waals surface area (Å²) in [5.74, 6) is -0.0646. The summed E-state index contributed by atoms with van der Waals surface area (Å²) in [7, 11) is 0. The number of hydrogen-bond donors (Lipinski definition) is 2. The molecule has 2 aromatic rings. The van der Waals surface area contributed by atoms with Crippen molar-refractivity contribution in [2.75, 3.05) is 12.3 Å². The van der Waals surface area contributed by atoms with Gasteiger partial charge in [0.05, 0.1) is 10.4 Å². The monoisotopic (exact) mass is 289 g/mol. The third-order valence-corrected chi connectivity index (χ3v) is 5.64. The second kappa shape index (κ2) is 5.05. The summed E-state index contributed by atoms with van der Waals surface area (Å²) in [6, 6.07) is 3.81. The van der Waals surface area contributed by atoms with E-state index in [0.29, 0.717) is 16.0 Å². The molecule has 0 atom stereocenters. The minimum atomic E-state index is -0.0646. The molecule has 0 aromatic carbocycles. The predicted octanol–water partition coefficient (Wildman–Crippen LogP) is 3.19. The van der Waals surface area contributed by atoms with Crippen molar-refractivity contribution in [1.29, 1.82) is 0 Å². The van der Waals surface area contributed by atoms with Crippen molar-refractivity contribution in [3.05, 3.63) is 23.2 Å². The fourth-order valence-corrected chi connectivity index (χ4v) is 3.79. The Morgan fingerprint density at radius 1 is 1.55 bits per heavy atom. The maximum absolute atomic E-state index is 12.3. The molecule has 1 fully saturated rings. The molecule has 3 N–H and O–H groups in total. The van der Waals surface area contributed by atoms with Gasteiger partial charge in [0.2, 0.25) is 0 Å². The largest absolute Gasteiger partial charge is 0.396 e. The van der Waals surface area contributed by atoms with E-state index in [-0.39, 0.29) is 5.91 Å². The van der Waals surface area contributed by atoms with Crippen molar-refractivity contribution in [3.63, 3.8) is 0 Å². The van der Waals surface area contributed by atoms with E-state index < -0.39 is 0 Å². The molecule has 0 unspecified atom stereocenters. The van der Waals surface area contributed by atoms with Gasteiger partial charge in [-0.2, -0.15) is 0 Å². The average Bonchev–Trinajstić information content (AvgIpc) is 2.76. The molecule has 2 aromatic heterocycles. The minimum absolute atomic E-state index is 0.0646. The Morgan fingerprint density at radius 2 is 2.35 bits per heavy atom. The quantitative estimate of drug-likeness (QED) is 0.908. The molecule has 3 rings (SSSR count). The zero-order valence-electron chi connectivity index (χ0n) is 11.6. The van der Waals surface area contributed by atoms with Crippen LogP contribution in [0, 0.1) is 5.41 Å². The standard InChI is InChI=1S/C15H19N3OS/c1-2-15(6-4-7-15)9-18-14(19)13-11(16)12-10(20-13)5-3-8-17-12/h3,5,8H,2,4,6-7,9,16H2,1H3,(H,18,19). The van der Waals surface area contributed by atoms with E-state index in [9.17, 15) is 4.79 Å². The number of hydrogen-bond acceptors (Lipinski definition) is 4. The van der Waals surface area contributed by atoms with Crippen LogP contribution < -0.4 is 11.1 Å². The predicted molar refractivity (Wildman–Crippen MR) is 82.9 cm³/mol.